The van der Waals surface area contributed by atoms with E-state index in [0.717, 1.165) is 48.3 Å². The lowest BCUT2D eigenvalue weighted by atomic mass is 10.2. The van der Waals surface area contributed by atoms with E-state index in [1.807, 2.05) is 44.2 Å². The molecule has 1 aliphatic rings. The van der Waals surface area contributed by atoms with Crippen LogP contribution in [0.4, 0.5) is 0 Å². The Labute approximate surface area is 163 Å². The number of benzene rings is 1. The molecule has 0 radical (unpaired) electrons. The molecular formula is C20H23ClN4O2. The third kappa shape index (κ3) is 4.57. The lowest BCUT2D eigenvalue weighted by Gasteiger charge is -2.10. The third-order valence-corrected chi connectivity index (χ3v) is 5.07. The zero-order valence-corrected chi connectivity index (χ0v) is 16.2. The van der Waals surface area contributed by atoms with Crippen LogP contribution in [0.3, 0.4) is 0 Å². The number of aromatic nitrogens is 1. The number of halogens is 1. The highest BCUT2D eigenvalue weighted by Crippen LogP contribution is 2.21. The summed E-state index contributed by atoms with van der Waals surface area (Å²) >= 11 is 5.96. The van der Waals surface area contributed by atoms with Gasteiger partial charge in [0.25, 0.3) is 0 Å². The summed E-state index contributed by atoms with van der Waals surface area (Å²) in [7, 11) is 0. The van der Waals surface area contributed by atoms with Crippen molar-refractivity contribution in [1.29, 1.82) is 0 Å². The van der Waals surface area contributed by atoms with Crippen LogP contribution < -0.4 is 10.7 Å². The maximum absolute atomic E-state index is 11.9. The van der Waals surface area contributed by atoms with Crippen molar-refractivity contribution in [2.45, 2.75) is 45.6 Å². The number of carbonyl (C=O) groups excluding carboxylic acids is 2. The van der Waals surface area contributed by atoms with Gasteiger partial charge in [-0.25, -0.2) is 5.43 Å². The molecular weight excluding hydrogens is 364 g/mol. The quantitative estimate of drug-likeness (QED) is 0.480. The Hall–Kier alpha value is -2.60. The molecule has 3 rings (SSSR count). The molecule has 0 unspecified atom stereocenters. The first-order valence-corrected chi connectivity index (χ1v) is 9.42. The molecule has 2 aromatic rings. The van der Waals surface area contributed by atoms with Gasteiger partial charge in [-0.05, 0) is 57.0 Å². The summed E-state index contributed by atoms with van der Waals surface area (Å²) in [5, 5.41) is 7.36. The number of hydrogen-bond acceptors (Lipinski definition) is 3. The molecule has 1 aliphatic carbocycles. The summed E-state index contributed by atoms with van der Waals surface area (Å²) in [4.78, 5) is 23.7. The molecule has 0 spiro atoms. The molecule has 1 heterocycles. The second kappa shape index (κ2) is 8.39. The van der Waals surface area contributed by atoms with Gasteiger partial charge in [-0.15, -0.1) is 0 Å². The molecule has 1 saturated carbocycles. The van der Waals surface area contributed by atoms with Gasteiger partial charge >= 0.3 is 11.8 Å². The van der Waals surface area contributed by atoms with E-state index in [9.17, 15) is 9.59 Å². The predicted octanol–water partition coefficient (Wildman–Crippen LogP) is 3.26. The number of carbonyl (C=O) groups is 2. The highest BCUT2D eigenvalue weighted by Gasteiger charge is 2.21. The Kier molecular flexibility index (Phi) is 5.96. The van der Waals surface area contributed by atoms with E-state index in [1.54, 1.807) is 6.21 Å². The van der Waals surface area contributed by atoms with Crippen LogP contribution in [0.15, 0.2) is 35.4 Å². The Morgan fingerprint density at radius 2 is 1.81 bits per heavy atom. The highest BCUT2D eigenvalue weighted by atomic mass is 35.5. The van der Waals surface area contributed by atoms with Crippen molar-refractivity contribution in [2.24, 2.45) is 5.10 Å². The van der Waals surface area contributed by atoms with Crippen LogP contribution in [0.25, 0.3) is 5.69 Å². The van der Waals surface area contributed by atoms with Crippen molar-refractivity contribution in [2.75, 3.05) is 0 Å². The lowest BCUT2D eigenvalue weighted by molar-refractivity contribution is -0.139. The molecule has 0 aliphatic heterocycles. The molecule has 1 aromatic heterocycles. The van der Waals surface area contributed by atoms with Gasteiger partial charge in [-0.2, -0.15) is 5.10 Å². The topological polar surface area (TPSA) is 75.5 Å². The average Bonchev–Trinajstić information content (AvgIpc) is 3.24. The largest absolute Gasteiger partial charge is 0.345 e. The Morgan fingerprint density at radius 3 is 2.48 bits per heavy atom. The van der Waals surface area contributed by atoms with Crippen molar-refractivity contribution in [3.63, 3.8) is 0 Å². The average molecular weight is 387 g/mol. The Balaban J connectivity index is 1.65. The second-order valence-corrected chi connectivity index (χ2v) is 7.23. The number of amides is 2. The van der Waals surface area contributed by atoms with Gasteiger partial charge in [0.2, 0.25) is 0 Å². The highest BCUT2D eigenvalue weighted by molar-refractivity contribution is 6.35. The summed E-state index contributed by atoms with van der Waals surface area (Å²) in [6, 6.07) is 9.64. The fourth-order valence-corrected chi connectivity index (χ4v) is 3.56. The fraction of sp³-hybridized carbons (Fsp3) is 0.350. The number of hydrazone groups is 1. The van der Waals surface area contributed by atoms with Crippen LogP contribution in [-0.4, -0.2) is 28.6 Å². The van der Waals surface area contributed by atoms with Gasteiger partial charge in [0.15, 0.2) is 0 Å². The van der Waals surface area contributed by atoms with Gasteiger partial charge in [0.1, 0.15) is 0 Å². The zero-order valence-electron chi connectivity index (χ0n) is 15.5. The summed E-state index contributed by atoms with van der Waals surface area (Å²) in [6.45, 7) is 3.96. The molecule has 27 heavy (non-hydrogen) atoms. The summed E-state index contributed by atoms with van der Waals surface area (Å²) < 4.78 is 2.08. The van der Waals surface area contributed by atoms with Gasteiger partial charge in [0, 0.05) is 33.7 Å². The summed E-state index contributed by atoms with van der Waals surface area (Å²) in [5.41, 5.74) is 6.16. The number of hydrogen-bond donors (Lipinski definition) is 2. The first-order valence-electron chi connectivity index (χ1n) is 9.04. The maximum atomic E-state index is 11.9. The minimum atomic E-state index is -0.746. The smallest absolute Gasteiger partial charge is 0.329 e. The molecule has 1 aromatic carbocycles. The molecule has 6 nitrogen and oxygen atoms in total. The van der Waals surface area contributed by atoms with Crippen molar-refractivity contribution in [1.82, 2.24) is 15.3 Å². The number of rotatable bonds is 4. The number of aryl methyl sites for hydroxylation is 1. The van der Waals surface area contributed by atoms with Gasteiger partial charge in [-0.1, -0.05) is 24.4 Å². The van der Waals surface area contributed by atoms with E-state index in [4.69, 9.17) is 11.6 Å². The van der Waals surface area contributed by atoms with Crippen LogP contribution in [0.1, 0.15) is 42.6 Å². The van der Waals surface area contributed by atoms with E-state index in [-0.39, 0.29) is 6.04 Å². The Bertz CT molecular complexity index is 865. The van der Waals surface area contributed by atoms with E-state index in [0.29, 0.717) is 5.02 Å². The normalized spacial score (nSPS) is 14.6. The van der Waals surface area contributed by atoms with Gasteiger partial charge in [-0.3, -0.25) is 9.59 Å². The lowest BCUT2D eigenvalue weighted by Crippen LogP contribution is -2.42. The number of nitrogens with zero attached hydrogens (tertiary/aromatic N) is 2. The molecule has 142 valence electrons. The molecule has 0 bridgehead atoms. The van der Waals surface area contributed by atoms with E-state index in [2.05, 4.69) is 20.4 Å². The minimum absolute atomic E-state index is 0.102. The monoisotopic (exact) mass is 386 g/mol. The zero-order chi connectivity index (χ0) is 19.4. The number of nitrogens with one attached hydrogen (secondary N) is 2. The predicted molar refractivity (Wildman–Crippen MR) is 106 cm³/mol. The minimum Gasteiger partial charge on any atom is -0.345 e. The van der Waals surface area contributed by atoms with Gasteiger partial charge in [0.05, 0.1) is 6.21 Å². The van der Waals surface area contributed by atoms with E-state index >= 15 is 0 Å². The maximum Gasteiger partial charge on any atom is 0.329 e. The van der Waals surface area contributed by atoms with Crippen molar-refractivity contribution >= 4 is 29.6 Å². The molecule has 2 amide bonds. The van der Waals surface area contributed by atoms with Crippen molar-refractivity contribution in [3.8, 4) is 5.69 Å². The van der Waals surface area contributed by atoms with Crippen LogP contribution in [0, 0.1) is 13.8 Å². The summed E-state index contributed by atoms with van der Waals surface area (Å²) in [5.74, 6) is -1.38. The van der Waals surface area contributed by atoms with Crippen LogP contribution in [0.2, 0.25) is 5.02 Å². The second-order valence-electron chi connectivity index (χ2n) is 6.79. The molecule has 0 saturated heterocycles. The van der Waals surface area contributed by atoms with Crippen molar-refractivity contribution < 1.29 is 9.59 Å². The molecule has 2 N–H and O–H groups in total. The molecule has 1 fully saturated rings. The molecule has 0 atom stereocenters. The fourth-order valence-electron chi connectivity index (χ4n) is 3.44. The van der Waals surface area contributed by atoms with Crippen LogP contribution >= 0.6 is 11.6 Å². The first kappa shape index (κ1) is 19.2. The van der Waals surface area contributed by atoms with Gasteiger partial charge < -0.3 is 9.88 Å². The Morgan fingerprint density at radius 1 is 1.15 bits per heavy atom. The van der Waals surface area contributed by atoms with Crippen LogP contribution in [0.5, 0.6) is 0 Å². The summed E-state index contributed by atoms with van der Waals surface area (Å²) in [6.07, 6.45) is 5.59. The van der Waals surface area contributed by atoms with E-state index in [1.165, 1.54) is 0 Å². The molecule has 7 heteroatoms. The SMILES string of the molecule is Cc1cc(/C=N\NC(=O)C(=O)NC2CCCC2)c(C)n1-c1ccc(Cl)cc1. The third-order valence-electron chi connectivity index (χ3n) is 4.82. The van der Waals surface area contributed by atoms with E-state index < -0.39 is 11.8 Å². The van der Waals surface area contributed by atoms with Crippen molar-refractivity contribution in [3.05, 3.63) is 52.3 Å². The first-order chi connectivity index (χ1) is 13.0. The standard InChI is InChI=1S/C20H23ClN4O2/c1-13-11-15(14(2)25(13)18-9-7-16(21)8-10-18)12-22-24-20(27)19(26)23-17-5-3-4-6-17/h7-12,17H,3-6H2,1-2H3,(H,23,26)(H,24,27)/b22-12-. The van der Waals surface area contributed by atoms with Crippen LogP contribution in [-0.2, 0) is 9.59 Å².